The third-order valence-corrected chi connectivity index (χ3v) is 2.51. The molecule has 3 N–H and O–H groups in total. The first-order valence-corrected chi connectivity index (χ1v) is 6.24. The summed E-state index contributed by atoms with van der Waals surface area (Å²) in [6, 6.07) is 3.61. The van der Waals surface area contributed by atoms with Gasteiger partial charge in [-0.1, -0.05) is 20.8 Å². The number of carbonyl (C=O) groups is 1. The highest BCUT2D eigenvalue weighted by atomic mass is 16.1. The number of anilines is 1. The summed E-state index contributed by atoms with van der Waals surface area (Å²) in [4.78, 5) is 15.9. The lowest BCUT2D eigenvalue weighted by atomic mass is 9.87. The van der Waals surface area contributed by atoms with Gasteiger partial charge in [0.2, 0.25) is 5.91 Å². The molecule has 0 saturated heterocycles. The van der Waals surface area contributed by atoms with Crippen molar-refractivity contribution in [3.8, 4) is 0 Å². The second kappa shape index (κ2) is 5.96. The Morgan fingerprint density at radius 3 is 2.72 bits per heavy atom. The topological polar surface area (TPSA) is 68.0 Å². The molecule has 0 radical (unpaired) electrons. The Kier molecular flexibility index (Phi) is 4.84. The van der Waals surface area contributed by atoms with Gasteiger partial charge in [-0.25, -0.2) is 4.98 Å². The Morgan fingerprint density at radius 1 is 1.50 bits per heavy atom. The lowest BCUT2D eigenvalue weighted by Crippen LogP contribution is -2.31. The van der Waals surface area contributed by atoms with Crippen LogP contribution in [0.2, 0.25) is 0 Å². The monoisotopic (exact) mass is 249 g/mol. The van der Waals surface area contributed by atoms with Crippen LogP contribution >= 0.6 is 0 Å². The quantitative estimate of drug-likeness (QED) is 0.861. The Hall–Kier alpha value is -1.42. The smallest absolute Gasteiger partial charge is 0.227 e. The molecule has 0 saturated carbocycles. The Balaban J connectivity index is 2.47. The summed E-state index contributed by atoms with van der Waals surface area (Å²) >= 11 is 0. The second-order valence-electron chi connectivity index (χ2n) is 6.00. The van der Waals surface area contributed by atoms with E-state index in [4.69, 9.17) is 5.73 Å². The van der Waals surface area contributed by atoms with E-state index in [-0.39, 0.29) is 17.4 Å². The summed E-state index contributed by atoms with van der Waals surface area (Å²) in [7, 11) is 0. The summed E-state index contributed by atoms with van der Waals surface area (Å²) < 4.78 is 0. The Labute approximate surface area is 109 Å². The number of aromatic nitrogens is 1. The van der Waals surface area contributed by atoms with Gasteiger partial charge in [-0.3, -0.25) is 4.79 Å². The highest BCUT2D eigenvalue weighted by Crippen LogP contribution is 2.21. The minimum Gasteiger partial charge on any atom is -0.327 e. The minimum atomic E-state index is -0.116. The number of rotatable bonds is 4. The van der Waals surface area contributed by atoms with Crippen LogP contribution in [-0.4, -0.2) is 16.9 Å². The van der Waals surface area contributed by atoms with E-state index >= 15 is 0 Å². The Morgan fingerprint density at radius 2 is 2.17 bits per heavy atom. The van der Waals surface area contributed by atoms with E-state index in [0.29, 0.717) is 12.2 Å². The summed E-state index contributed by atoms with van der Waals surface area (Å²) in [6.07, 6.45) is 2.83. The maximum Gasteiger partial charge on any atom is 0.227 e. The van der Waals surface area contributed by atoms with Crippen molar-refractivity contribution in [1.82, 2.24) is 4.98 Å². The SMILES string of the molecule is Cc1ccnc(NC(=O)CC(N)CC(C)(C)C)c1. The summed E-state index contributed by atoms with van der Waals surface area (Å²) in [5, 5.41) is 2.77. The zero-order valence-corrected chi connectivity index (χ0v) is 11.7. The van der Waals surface area contributed by atoms with Crippen LogP contribution in [0.5, 0.6) is 0 Å². The first-order chi connectivity index (χ1) is 8.26. The van der Waals surface area contributed by atoms with Crippen molar-refractivity contribution >= 4 is 11.7 Å². The number of pyridine rings is 1. The molecule has 0 spiro atoms. The fourth-order valence-electron chi connectivity index (χ4n) is 1.90. The molecule has 0 aliphatic heterocycles. The van der Waals surface area contributed by atoms with Crippen LogP contribution in [0.15, 0.2) is 18.3 Å². The zero-order chi connectivity index (χ0) is 13.8. The fourth-order valence-corrected chi connectivity index (χ4v) is 1.90. The predicted octanol–water partition coefficient (Wildman–Crippen LogP) is 2.48. The van der Waals surface area contributed by atoms with Crippen LogP contribution in [0, 0.1) is 12.3 Å². The largest absolute Gasteiger partial charge is 0.327 e. The van der Waals surface area contributed by atoms with Crippen LogP contribution in [0.4, 0.5) is 5.82 Å². The number of aryl methyl sites for hydroxylation is 1. The number of nitrogens with zero attached hydrogens (tertiary/aromatic N) is 1. The zero-order valence-electron chi connectivity index (χ0n) is 11.7. The molecule has 18 heavy (non-hydrogen) atoms. The third-order valence-electron chi connectivity index (χ3n) is 2.51. The highest BCUT2D eigenvalue weighted by molar-refractivity contribution is 5.90. The second-order valence-corrected chi connectivity index (χ2v) is 6.00. The van der Waals surface area contributed by atoms with Gasteiger partial charge < -0.3 is 11.1 Å². The maximum atomic E-state index is 11.8. The molecule has 1 unspecified atom stereocenters. The molecule has 1 amide bonds. The summed E-state index contributed by atoms with van der Waals surface area (Å²) in [5.41, 5.74) is 7.17. The van der Waals surface area contributed by atoms with E-state index in [1.807, 2.05) is 19.1 Å². The molecule has 1 atom stereocenters. The molecule has 4 nitrogen and oxygen atoms in total. The van der Waals surface area contributed by atoms with Crippen molar-refractivity contribution in [3.63, 3.8) is 0 Å². The van der Waals surface area contributed by atoms with Gasteiger partial charge in [0.25, 0.3) is 0 Å². The molecule has 1 aromatic rings. The van der Waals surface area contributed by atoms with Gasteiger partial charge in [-0.2, -0.15) is 0 Å². The van der Waals surface area contributed by atoms with Crippen molar-refractivity contribution in [2.45, 2.75) is 46.6 Å². The number of hydrogen-bond donors (Lipinski definition) is 2. The van der Waals surface area contributed by atoms with Gasteiger partial charge in [0, 0.05) is 18.7 Å². The third kappa shape index (κ3) is 5.77. The molecule has 0 bridgehead atoms. The number of nitrogens with one attached hydrogen (secondary N) is 1. The highest BCUT2D eigenvalue weighted by Gasteiger charge is 2.18. The Bertz CT molecular complexity index is 410. The molecule has 0 aliphatic carbocycles. The lowest BCUT2D eigenvalue weighted by Gasteiger charge is -2.22. The lowest BCUT2D eigenvalue weighted by molar-refractivity contribution is -0.116. The van der Waals surface area contributed by atoms with Gasteiger partial charge >= 0.3 is 0 Å². The van der Waals surface area contributed by atoms with Gasteiger partial charge in [0.1, 0.15) is 5.82 Å². The molecule has 1 heterocycles. The first-order valence-electron chi connectivity index (χ1n) is 6.24. The molecule has 1 rings (SSSR count). The van der Waals surface area contributed by atoms with E-state index in [1.165, 1.54) is 0 Å². The number of amides is 1. The predicted molar refractivity (Wildman–Crippen MR) is 74.3 cm³/mol. The fraction of sp³-hybridized carbons (Fsp3) is 0.571. The van der Waals surface area contributed by atoms with Gasteiger partial charge in [0.05, 0.1) is 0 Å². The molecule has 0 aliphatic rings. The normalized spacial score (nSPS) is 13.2. The van der Waals surface area contributed by atoms with Crippen molar-refractivity contribution in [2.75, 3.05) is 5.32 Å². The number of hydrogen-bond acceptors (Lipinski definition) is 3. The molecule has 1 aromatic heterocycles. The van der Waals surface area contributed by atoms with Crippen LogP contribution in [0.3, 0.4) is 0 Å². The van der Waals surface area contributed by atoms with Crippen molar-refractivity contribution in [2.24, 2.45) is 11.1 Å². The average Bonchev–Trinajstić information content (AvgIpc) is 2.13. The van der Waals surface area contributed by atoms with Gasteiger partial charge in [-0.15, -0.1) is 0 Å². The molecule has 0 fully saturated rings. The van der Waals surface area contributed by atoms with E-state index in [0.717, 1.165) is 12.0 Å². The van der Waals surface area contributed by atoms with Crippen molar-refractivity contribution in [3.05, 3.63) is 23.9 Å². The molecule has 4 heteroatoms. The summed E-state index contributed by atoms with van der Waals surface area (Å²) in [6.45, 7) is 8.31. The number of carbonyl (C=O) groups excluding carboxylic acids is 1. The van der Waals surface area contributed by atoms with Crippen molar-refractivity contribution in [1.29, 1.82) is 0 Å². The van der Waals surface area contributed by atoms with Crippen LogP contribution in [0.1, 0.15) is 39.2 Å². The van der Waals surface area contributed by atoms with Crippen LogP contribution < -0.4 is 11.1 Å². The van der Waals surface area contributed by atoms with Crippen molar-refractivity contribution < 1.29 is 4.79 Å². The van der Waals surface area contributed by atoms with E-state index in [2.05, 4.69) is 31.1 Å². The van der Waals surface area contributed by atoms with E-state index in [9.17, 15) is 4.79 Å². The van der Waals surface area contributed by atoms with Crippen LogP contribution in [-0.2, 0) is 4.79 Å². The van der Waals surface area contributed by atoms with E-state index < -0.39 is 0 Å². The summed E-state index contributed by atoms with van der Waals surface area (Å²) in [5.74, 6) is 0.507. The minimum absolute atomic E-state index is 0.0788. The van der Waals surface area contributed by atoms with Crippen LogP contribution in [0.25, 0.3) is 0 Å². The molecular weight excluding hydrogens is 226 g/mol. The molecule has 0 aromatic carbocycles. The average molecular weight is 249 g/mol. The molecular formula is C14H23N3O. The number of nitrogens with two attached hydrogens (primary N) is 1. The van der Waals surface area contributed by atoms with Gasteiger partial charge in [-0.05, 0) is 36.5 Å². The first kappa shape index (κ1) is 14.6. The standard InChI is InChI=1S/C14H23N3O/c1-10-5-6-16-12(7-10)17-13(18)8-11(15)9-14(2,3)4/h5-7,11H,8-9,15H2,1-4H3,(H,16,17,18). The van der Waals surface area contributed by atoms with E-state index in [1.54, 1.807) is 6.20 Å². The van der Waals surface area contributed by atoms with Gasteiger partial charge in [0.15, 0.2) is 0 Å². The maximum absolute atomic E-state index is 11.8. The molecule has 100 valence electrons.